The third-order valence-corrected chi connectivity index (χ3v) is 3.54. The molecule has 0 heterocycles. The molecule has 1 aromatic carbocycles. The normalized spacial score (nSPS) is 13.7. The Balaban J connectivity index is 2.73. The lowest BCUT2D eigenvalue weighted by molar-refractivity contribution is 0.0465. The van der Waals surface area contributed by atoms with Gasteiger partial charge in [-0.1, -0.05) is 45.0 Å². The first-order valence-corrected chi connectivity index (χ1v) is 6.27. The average Bonchev–Trinajstić information content (AvgIpc) is 2.36. The van der Waals surface area contributed by atoms with E-state index in [4.69, 9.17) is 4.74 Å². The average molecular weight is 236 g/mol. The molecule has 0 aliphatic carbocycles. The second-order valence-electron chi connectivity index (χ2n) is 5.23. The van der Waals surface area contributed by atoms with Crippen molar-refractivity contribution in [3.63, 3.8) is 0 Å². The second-order valence-corrected chi connectivity index (χ2v) is 5.23. The summed E-state index contributed by atoms with van der Waals surface area (Å²) in [5.74, 6) is 0. The molecule has 96 valence electrons. The van der Waals surface area contributed by atoms with E-state index in [1.165, 1.54) is 5.56 Å². The van der Waals surface area contributed by atoms with Crippen LogP contribution in [-0.2, 0) is 11.2 Å². The summed E-state index contributed by atoms with van der Waals surface area (Å²) in [4.78, 5) is 0. The van der Waals surface area contributed by atoms with Crippen molar-refractivity contribution < 1.29 is 9.84 Å². The molecular weight excluding hydrogens is 212 g/mol. The van der Waals surface area contributed by atoms with Crippen molar-refractivity contribution in [2.24, 2.45) is 5.41 Å². The summed E-state index contributed by atoms with van der Waals surface area (Å²) in [6, 6.07) is 8.19. The Labute approximate surface area is 105 Å². The standard InChI is InChI=1S/C15H24O2/c1-5-15(2,3)14(16)13-8-6-12(7-9-13)10-11-17-4/h6-9,14,16H,5,10-11H2,1-4H3. The molecule has 0 aromatic heterocycles. The molecule has 2 heteroatoms. The van der Waals surface area contributed by atoms with E-state index in [1.54, 1.807) is 7.11 Å². The van der Waals surface area contributed by atoms with Gasteiger partial charge < -0.3 is 9.84 Å². The van der Waals surface area contributed by atoms with E-state index in [2.05, 4.69) is 32.9 Å². The molecule has 1 N–H and O–H groups in total. The van der Waals surface area contributed by atoms with Gasteiger partial charge in [-0.2, -0.15) is 0 Å². The minimum Gasteiger partial charge on any atom is -0.388 e. The summed E-state index contributed by atoms with van der Waals surface area (Å²) in [5, 5.41) is 10.3. The van der Waals surface area contributed by atoms with Crippen molar-refractivity contribution in [1.82, 2.24) is 0 Å². The van der Waals surface area contributed by atoms with Crippen LogP contribution in [0.25, 0.3) is 0 Å². The first-order valence-electron chi connectivity index (χ1n) is 6.27. The van der Waals surface area contributed by atoms with Gasteiger partial charge in [-0.25, -0.2) is 0 Å². The number of rotatable bonds is 6. The highest BCUT2D eigenvalue weighted by atomic mass is 16.5. The zero-order chi connectivity index (χ0) is 12.9. The van der Waals surface area contributed by atoms with Gasteiger partial charge in [-0.15, -0.1) is 0 Å². The molecular formula is C15H24O2. The first kappa shape index (κ1) is 14.2. The SMILES string of the molecule is CCC(C)(C)C(O)c1ccc(CCOC)cc1. The Kier molecular flexibility index (Phi) is 5.16. The van der Waals surface area contributed by atoms with E-state index in [9.17, 15) is 5.11 Å². The number of benzene rings is 1. The van der Waals surface area contributed by atoms with Gasteiger partial charge in [0.1, 0.15) is 0 Å². The van der Waals surface area contributed by atoms with Crippen LogP contribution in [-0.4, -0.2) is 18.8 Å². The smallest absolute Gasteiger partial charge is 0.0840 e. The third kappa shape index (κ3) is 3.83. The van der Waals surface area contributed by atoms with Crippen LogP contribution < -0.4 is 0 Å². The maximum atomic E-state index is 10.3. The molecule has 0 saturated heterocycles. The molecule has 0 fully saturated rings. The van der Waals surface area contributed by atoms with E-state index in [1.807, 2.05) is 12.1 Å². The van der Waals surface area contributed by atoms with E-state index in [0.717, 1.165) is 25.0 Å². The molecule has 1 rings (SSSR count). The Hall–Kier alpha value is -0.860. The van der Waals surface area contributed by atoms with Gasteiger partial charge in [0, 0.05) is 7.11 Å². The fourth-order valence-electron chi connectivity index (χ4n) is 1.73. The lowest BCUT2D eigenvalue weighted by Crippen LogP contribution is -2.20. The van der Waals surface area contributed by atoms with Crippen molar-refractivity contribution >= 4 is 0 Å². The molecule has 0 saturated carbocycles. The van der Waals surface area contributed by atoms with Crippen LogP contribution in [0.15, 0.2) is 24.3 Å². The maximum Gasteiger partial charge on any atom is 0.0840 e. The van der Waals surface area contributed by atoms with Crippen molar-refractivity contribution in [1.29, 1.82) is 0 Å². The molecule has 0 spiro atoms. The van der Waals surface area contributed by atoms with Crippen LogP contribution in [0.2, 0.25) is 0 Å². The summed E-state index contributed by atoms with van der Waals surface area (Å²) < 4.78 is 5.05. The minimum atomic E-state index is -0.399. The molecule has 1 atom stereocenters. The highest BCUT2D eigenvalue weighted by molar-refractivity contribution is 5.25. The van der Waals surface area contributed by atoms with Crippen molar-refractivity contribution in [2.45, 2.75) is 39.7 Å². The number of hydrogen-bond donors (Lipinski definition) is 1. The third-order valence-electron chi connectivity index (χ3n) is 3.54. The van der Waals surface area contributed by atoms with Gasteiger partial charge in [-0.3, -0.25) is 0 Å². The van der Waals surface area contributed by atoms with Gasteiger partial charge in [0.05, 0.1) is 12.7 Å². The van der Waals surface area contributed by atoms with Gasteiger partial charge in [0.2, 0.25) is 0 Å². The van der Waals surface area contributed by atoms with Gasteiger partial charge in [0.15, 0.2) is 0 Å². The largest absolute Gasteiger partial charge is 0.388 e. The first-order chi connectivity index (χ1) is 8.01. The number of aliphatic hydroxyl groups is 1. The van der Waals surface area contributed by atoms with E-state index < -0.39 is 6.10 Å². The zero-order valence-electron chi connectivity index (χ0n) is 11.4. The van der Waals surface area contributed by atoms with Crippen LogP contribution in [0.1, 0.15) is 44.4 Å². The molecule has 0 radical (unpaired) electrons. The Morgan fingerprint density at radius 1 is 1.24 bits per heavy atom. The number of methoxy groups -OCH3 is 1. The van der Waals surface area contributed by atoms with Crippen molar-refractivity contribution in [3.05, 3.63) is 35.4 Å². The van der Waals surface area contributed by atoms with Crippen LogP contribution in [0.4, 0.5) is 0 Å². The van der Waals surface area contributed by atoms with Crippen molar-refractivity contribution in [3.8, 4) is 0 Å². The molecule has 1 unspecified atom stereocenters. The summed E-state index contributed by atoms with van der Waals surface area (Å²) in [7, 11) is 1.71. The lowest BCUT2D eigenvalue weighted by Gasteiger charge is -2.29. The fraction of sp³-hybridized carbons (Fsp3) is 0.600. The summed E-state index contributed by atoms with van der Waals surface area (Å²) in [5.41, 5.74) is 2.17. The Morgan fingerprint density at radius 3 is 2.29 bits per heavy atom. The van der Waals surface area contributed by atoms with Crippen LogP contribution in [0.3, 0.4) is 0 Å². The fourth-order valence-corrected chi connectivity index (χ4v) is 1.73. The molecule has 0 aliphatic rings. The predicted octanol–water partition coefficient (Wildman–Crippen LogP) is 3.35. The van der Waals surface area contributed by atoms with E-state index in [-0.39, 0.29) is 5.41 Å². The summed E-state index contributed by atoms with van der Waals surface area (Å²) >= 11 is 0. The highest BCUT2D eigenvalue weighted by Crippen LogP contribution is 2.35. The molecule has 2 nitrogen and oxygen atoms in total. The van der Waals surface area contributed by atoms with Gasteiger partial charge in [0.25, 0.3) is 0 Å². The lowest BCUT2D eigenvalue weighted by atomic mass is 9.80. The summed E-state index contributed by atoms with van der Waals surface area (Å²) in [6.07, 6.45) is 1.48. The molecule has 0 aliphatic heterocycles. The summed E-state index contributed by atoms with van der Waals surface area (Å²) in [6.45, 7) is 7.03. The highest BCUT2D eigenvalue weighted by Gasteiger charge is 2.26. The maximum absolute atomic E-state index is 10.3. The molecule has 0 bridgehead atoms. The number of ether oxygens (including phenoxy) is 1. The molecule has 17 heavy (non-hydrogen) atoms. The van der Waals surface area contributed by atoms with E-state index in [0.29, 0.717) is 0 Å². The van der Waals surface area contributed by atoms with E-state index >= 15 is 0 Å². The van der Waals surface area contributed by atoms with Crippen molar-refractivity contribution in [2.75, 3.05) is 13.7 Å². The van der Waals surface area contributed by atoms with Gasteiger partial charge >= 0.3 is 0 Å². The molecule has 0 amide bonds. The van der Waals surface area contributed by atoms with Crippen LogP contribution >= 0.6 is 0 Å². The Morgan fingerprint density at radius 2 is 1.82 bits per heavy atom. The predicted molar refractivity (Wildman–Crippen MR) is 71.1 cm³/mol. The monoisotopic (exact) mass is 236 g/mol. The van der Waals surface area contributed by atoms with Crippen LogP contribution in [0.5, 0.6) is 0 Å². The molecule has 1 aromatic rings. The van der Waals surface area contributed by atoms with Crippen LogP contribution in [0, 0.1) is 5.41 Å². The quantitative estimate of drug-likeness (QED) is 0.820. The Bertz CT molecular complexity index is 327. The minimum absolute atomic E-state index is 0.0754. The zero-order valence-corrected chi connectivity index (χ0v) is 11.4. The topological polar surface area (TPSA) is 29.5 Å². The number of hydrogen-bond acceptors (Lipinski definition) is 2. The number of aliphatic hydroxyl groups excluding tert-OH is 1. The van der Waals surface area contributed by atoms with Gasteiger partial charge in [-0.05, 0) is 29.4 Å². The second kappa shape index (κ2) is 6.18.